The van der Waals surface area contributed by atoms with Crippen LogP contribution in [-0.4, -0.2) is 16.5 Å². The number of rotatable bonds is 4. The Bertz CT molecular complexity index is 482. The molecule has 0 unspecified atom stereocenters. The molecule has 88 valence electrons. The van der Waals surface area contributed by atoms with Crippen molar-refractivity contribution in [3.8, 4) is 0 Å². The van der Waals surface area contributed by atoms with Crippen molar-refractivity contribution in [1.29, 1.82) is 0 Å². The number of nitrogen functional groups attached to an aromatic ring is 1. The molecule has 2 heterocycles. The molecule has 0 saturated heterocycles. The molecular weight excluding hydrogens is 212 g/mol. The lowest BCUT2D eigenvalue weighted by Gasteiger charge is -2.07. The summed E-state index contributed by atoms with van der Waals surface area (Å²) in [7, 11) is 0. The van der Waals surface area contributed by atoms with Crippen molar-refractivity contribution in [2.75, 3.05) is 17.6 Å². The van der Waals surface area contributed by atoms with Crippen LogP contribution in [0.25, 0.3) is 0 Å². The molecule has 0 radical (unpaired) electrons. The fraction of sp³-hybridized carbons (Fsp3) is 0.231. The Hall–Kier alpha value is -2.10. The summed E-state index contributed by atoms with van der Waals surface area (Å²) in [4.78, 5) is 8.34. The van der Waals surface area contributed by atoms with Crippen molar-refractivity contribution < 1.29 is 0 Å². The second-order valence-electron chi connectivity index (χ2n) is 3.96. The topological polar surface area (TPSA) is 63.8 Å². The van der Waals surface area contributed by atoms with Gasteiger partial charge in [-0.05, 0) is 30.5 Å². The van der Waals surface area contributed by atoms with E-state index in [9.17, 15) is 0 Å². The van der Waals surface area contributed by atoms with Crippen molar-refractivity contribution in [3.05, 3.63) is 47.9 Å². The van der Waals surface area contributed by atoms with Crippen LogP contribution in [0.3, 0.4) is 0 Å². The van der Waals surface area contributed by atoms with Gasteiger partial charge in [0.05, 0.1) is 0 Å². The van der Waals surface area contributed by atoms with E-state index in [2.05, 4.69) is 21.4 Å². The van der Waals surface area contributed by atoms with Crippen LogP contribution in [0.4, 0.5) is 11.5 Å². The fourth-order valence-corrected chi connectivity index (χ4v) is 1.52. The normalized spacial score (nSPS) is 10.2. The highest BCUT2D eigenvalue weighted by Crippen LogP contribution is 2.13. The minimum absolute atomic E-state index is 0.767. The second-order valence-corrected chi connectivity index (χ2v) is 3.96. The molecule has 0 atom stereocenters. The van der Waals surface area contributed by atoms with Crippen molar-refractivity contribution in [1.82, 2.24) is 9.97 Å². The van der Waals surface area contributed by atoms with E-state index in [1.54, 1.807) is 12.4 Å². The smallest absolute Gasteiger partial charge is 0.127 e. The Morgan fingerprint density at radius 3 is 2.94 bits per heavy atom. The summed E-state index contributed by atoms with van der Waals surface area (Å²) in [6.45, 7) is 2.77. The van der Waals surface area contributed by atoms with Gasteiger partial charge in [-0.3, -0.25) is 4.98 Å². The number of anilines is 2. The molecule has 3 N–H and O–H groups in total. The van der Waals surface area contributed by atoms with Crippen molar-refractivity contribution in [2.24, 2.45) is 0 Å². The van der Waals surface area contributed by atoms with Crippen LogP contribution in [0, 0.1) is 6.92 Å². The van der Waals surface area contributed by atoms with E-state index in [1.165, 1.54) is 5.56 Å². The van der Waals surface area contributed by atoms with Gasteiger partial charge < -0.3 is 11.1 Å². The number of nitrogens with one attached hydrogen (secondary N) is 1. The van der Waals surface area contributed by atoms with Gasteiger partial charge in [0.15, 0.2) is 0 Å². The summed E-state index contributed by atoms with van der Waals surface area (Å²) in [6.07, 6.45) is 6.35. The fourth-order valence-electron chi connectivity index (χ4n) is 1.52. The molecule has 4 nitrogen and oxygen atoms in total. The van der Waals surface area contributed by atoms with Gasteiger partial charge in [0, 0.05) is 36.9 Å². The van der Waals surface area contributed by atoms with Gasteiger partial charge in [-0.2, -0.15) is 0 Å². The third-order valence-electron chi connectivity index (χ3n) is 2.59. The third-order valence-corrected chi connectivity index (χ3v) is 2.59. The van der Waals surface area contributed by atoms with Crippen LogP contribution in [0.5, 0.6) is 0 Å². The van der Waals surface area contributed by atoms with Crippen LogP contribution >= 0.6 is 0 Å². The predicted octanol–water partition coefficient (Wildman–Crippen LogP) is 2.02. The first-order valence-electron chi connectivity index (χ1n) is 5.60. The Morgan fingerprint density at radius 2 is 2.24 bits per heavy atom. The van der Waals surface area contributed by atoms with E-state index in [0.29, 0.717) is 0 Å². The molecule has 0 aliphatic rings. The third kappa shape index (κ3) is 3.17. The van der Waals surface area contributed by atoms with Gasteiger partial charge in [0.1, 0.15) is 5.82 Å². The van der Waals surface area contributed by atoms with E-state index >= 15 is 0 Å². The van der Waals surface area contributed by atoms with Gasteiger partial charge in [-0.15, -0.1) is 0 Å². The molecule has 2 aromatic heterocycles. The maximum atomic E-state index is 5.81. The molecule has 0 amide bonds. The van der Waals surface area contributed by atoms with E-state index in [4.69, 9.17) is 5.73 Å². The molecule has 0 fully saturated rings. The molecular formula is C13H16N4. The van der Waals surface area contributed by atoms with Gasteiger partial charge in [-0.25, -0.2) is 4.98 Å². The maximum Gasteiger partial charge on any atom is 0.127 e. The summed E-state index contributed by atoms with van der Waals surface area (Å²) in [5.74, 6) is 0.817. The molecule has 0 aromatic carbocycles. The lowest BCUT2D eigenvalue weighted by Crippen LogP contribution is -2.07. The number of aryl methyl sites for hydroxylation is 1. The Kier molecular flexibility index (Phi) is 3.55. The lowest BCUT2D eigenvalue weighted by atomic mass is 10.2. The highest BCUT2D eigenvalue weighted by atomic mass is 15.0. The SMILES string of the molecule is Cc1cnc(NCCc2cccnc2)cc1N. The van der Waals surface area contributed by atoms with Gasteiger partial charge >= 0.3 is 0 Å². The van der Waals surface area contributed by atoms with E-state index < -0.39 is 0 Å². The largest absolute Gasteiger partial charge is 0.398 e. The molecule has 0 aliphatic heterocycles. The zero-order chi connectivity index (χ0) is 12.1. The van der Waals surface area contributed by atoms with Crippen LogP contribution in [0.15, 0.2) is 36.8 Å². The molecule has 4 heteroatoms. The minimum atomic E-state index is 0.767. The first kappa shape index (κ1) is 11.4. The average Bonchev–Trinajstić information content (AvgIpc) is 2.35. The average molecular weight is 228 g/mol. The molecule has 0 bridgehead atoms. The van der Waals surface area contributed by atoms with Crippen molar-refractivity contribution >= 4 is 11.5 Å². The molecule has 0 aliphatic carbocycles. The molecule has 0 saturated carbocycles. The number of nitrogens with zero attached hydrogens (tertiary/aromatic N) is 2. The molecule has 17 heavy (non-hydrogen) atoms. The van der Waals surface area contributed by atoms with Crippen LogP contribution in [-0.2, 0) is 6.42 Å². The van der Waals surface area contributed by atoms with Gasteiger partial charge in [-0.1, -0.05) is 6.07 Å². The number of hydrogen-bond acceptors (Lipinski definition) is 4. The summed E-state index contributed by atoms with van der Waals surface area (Å²) >= 11 is 0. The number of nitrogens with two attached hydrogens (primary N) is 1. The van der Waals surface area contributed by atoms with E-state index in [-0.39, 0.29) is 0 Å². The second kappa shape index (κ2) is 5.30. The van der Waals surface area contributed by atoms with Gasteiger partial charge in [0.2, 0.25) is 0 Å². The van der Waals surface area contributed by atoms with Crippen LogP contribution < -0.4 is 11.1 Å². The van der Waals surface area contributed by atoms with Crippen LogP contribution in [0.1, 0.15) is 11.1 Å². The van der Waals surface area contributed by atoms with Crippen molar-refractivity contribution in [2.45, 2.75) is 13.3 Å². The molecule has 2 aromatic rings. The van der Waals surface area contributed by atoms with E-state index in [1.807, 2.05) is 25.3 Å². The number of pyridine rings is 2. The molecule has 0 spiro atoms. The summed E-state index contributed by atoms with van der Waals surface area (Å²) in [6, 6.07) is 5.86. The molecule has 2 rings (SSSR count). The lowest BCUT2D eigenvalue weighted by molar-refractivity contribution is 0.993. The van der Waals surface area contributed by atoms with Crippen molar-refractivity contribution in [3.63, 3.8) is 0 Å². The van der Waals surface area contributed by atoms with Gasteiger partial charge in [0.25, 0.3) is 0 Å². The van der Waals surface area contributed by atoms with Crippen LogP contribution in [0.2, 0.25) is 0 Å². The highest BCUT2D eigenvalue weighted by Gasteiger charge is 1.98. The summed E-state index contributed by atoms with van der Waals surface area (Å²) < 4.78 is 0. The first-order chi connectivity index (χ1) is 8.25. The maximum absolute atomic E-state index is 5.81. The monoisotopic (exact) mass is 228 g/mol. The zero-order valence-corrected chi connectivity index (χ0v) is 9.85. The standard InChI is InChI=1S/C13H16N4/c1-10-8-17-13(7-12(10)14)16-6-4-11-3-2-5-15-9-11/h2-3,5,7-9H,4,6H2,1H3,(H3,14,16,17). The predicted molar refractivity (Wildman–Crippen MR) is 69.8 cm³/mol. The Morgan fingerprint density at radius 1 is 1.35 bits per heavy atom. The minimum Gasteiger partial charge on any atom is -0.398 e. The quantitative estimate of drug-likeness (QED) is 0.840. The first-order valence-corrected chi connectivity index (χ1v) is 5.60. The number of hydrogen-bond donors (Lipinski definition) is 2. The Balaban J connectivity index is 1.88. The summed E-state index contributed by atoms with van der Waals surface area (Å²) in [5, 5.41) is 3.24. The van der Waals surface area contributed by atoms with E-state index in [0.717, 1.165) is 30.0 Å². The summed E-state index contributed by atoms with van der Waals surface area (Å²) in [5.41, 5.74) is 8.79. The Labute approximate surface area is 101 Å². The number of aromatic nitrogens is 2. The zero-order valence-electron chi connectivity index (χ0n) is 9.85. The highest BCUT2D eigenvalue weighted by molar-refractivity contribution is 5.53.